The van der Waals surface area contributed by atoms with Crippen molar-refractivity contribution in [2.45, 2.75) is 0 Å². The molecule has 2 radical (unpaired) electrons. The van der Waals surface area contributed by atoms with E-state index in [2.05, 4.69) is 12.5 Å². The molecule has 0 saturated heterocycles. The Balaban J connectivity index is -0.0000000208. The Bertz CT molecular complexity index is 87.3. The molecule has 0 amide bonds. The second-order valence-corrected chi connectivity index (χ2v) is 1.79. The summed E-state index contributed by atoms with van der Waals surface area (Å²) in [4.78, 5) is 15.2. The summed E-state index contributed by atoms with van der Waals surface area (Å²) in [7, 11) is -0.326. The van der Waals surface area contributed by atoms with E-state index >= 15 is 0 Å². The molecule has 8 heteroatoms. The molecule has 0 saturated carbocycles. The van der Waals surface area contributed by atoms with Crippen LogP contribution in [-0.2, 0) is 9.01 Å². The summed E-state index contributed by atoms with van der Waals surface area (Å²) < 4.78 is 12.5. The fourth-order valence-electron chi connectivity index (χ4n) is 0. The van der Waals surface area contributed by atoms with Crippen LogP contribution in [0.2, 0.25) is 0 Å². The van der Waals surface area contributed by atoms with E-state index < -0.39 is 7.82 Å². The van der Waals surface area contributed by atoms with Gasteiger partial charge in [-0.2, -0.15) is 0 Å². The van der Waals surface area contributed by atoms with Crippen LogP contribution in [0.1, 0.15) is 2.85 Å². The first-order valence-electron chi connectivity index (χ1n) is 1.00. The topological polar surface area (TPSA) is 66.8 Å². The van der Waals surface area contributed by atoms with Gasteiger partial charge in [0.1, 0.15) is 0 Å². The molecule has 0 rings (SSSR count). The zero-order chi connectivity index (χ0) is 5.21. The zero-order valence-electron chi connectivity index (χ0n) is 5.44. The van der Waals surface area contributed by atoms with E-state index in [-0.39, 0.29) is 58.0 Å². The van der Waals surface area contributed by atoms with Gasteiger partial charge in [-0.3, -0.25) is 0 Å². The van der Waals surface area contributed by atoms with Crippen LogP contribution < -0.4 is 0 Å². The van der Waals surface area contributed by atoms with Gasteiger partial charge in [-0.15, -0.1) is 0 Å². The van der Waals surface area contributed by atoms with E-state index in [1.165, 1.54) is 0 Å². The van der Waals surface area contributed by atoms with Crippen molar-refractivity contribution in [1.82, 2.24) is 0 Å². The summed E-state index contributed by atoms with van der Waals surface area (Å²) >= 11 is 0. The third-order valence-corrected chi connectivity index (χ3v) is 0.412. The maximum Gasteiger partial charge on any atom is 2.00 e. The number of phosphoric acid groups is 1. The first-order chi connectivity index (χ1) is 2.56. The van der Waals surface area contributed by atoms with Gasteiger partial charge in [-0.25, -0.2) is 4.57 Å². The molecule has 0 unspecified atom stereocenters. The number of hydrogen-bond donors (Lipinski definition) is 2. The van der Waals surface area contributed by atoms with Gasteiger partial charge in [0.05, 0.1) is 0 Å². The number of rotatable bonds is 1. The molecule has 0 fully saturated rings. The largest absolute Gasteiger partial charge is 2.00 e. The Labute approximate surface area is 91.8 Å². The minimum atomic E-state index is -4.37. The van der Waals surface area contributed by atoms with Gasteiger partial charge in [0, 0.05) is 0 Å². The Hall–Kier alpha value is 1.97. The Kier molecular flexibility index (Phi) is 14.6. The van der Waals surface area contributed by atoms with Crippen molar-refractivity contribution < 1.29 is 21.6 Å². The van der Waals surface area contributed by atoms with Crippen molar-refractivity contribution >= 4 is 71.0 Å². The van der Waals surface area contributed by atoms with Crippen LogP contribution in [0.4, 0.5) is 0 Å². The van der Waals surface area contributed by atoms with Crippen molar-refractivity contribution in [2.24, 2.45) is 0 Å². The fraction of sp³-hybridized carbons (Fsp3) is 0. The minimum Gasteiger partial charge on any atom is -1.00 e. The van der Waals surface area contributed by atoms with Crippen LogP contribution in [0, 0.1) is 0 Å². The van der Waals surface area contributed by atoms with Crippen LogP contribution in [0.15, 0.2) is 0 Å². The summed E-state index contributed by atoms with van der Waals surface area (Å²) in [5.74, 6) is 0. The fourth-order valence-corrected chi connectivity index (χ4v) is 0. The van der Waals surface area contributed by atoms with Gasteiger partial charge in [0.15, 0.2) is 17.4 Å². The standard InChI is InChI=1S/Al.BH2O4P.Ca.5H/c;1-5-6(2,3)4;;;;;;/h;(H2,2,3,4);;;;;;/q;;+2;;;;2*-1. The first kappa shape index (κ1) is 16.5. The molecule has 0 aromatic rings. The third-order valence-electron chi connectivity index (χ3n) is 0.137. The molecule has 0 aromatic heterocycles. The van der Waals surface area contributed by atoms with Crippen molar-refractivity contribution in [1.29, 1.82) is 0 Å². The van der Waals surface area contributed by atoms with Crippen molar-refractivity contribution in [2.75, 3.05) is 0 Å². The van der Waals surface area contributed by atoms with E-state index in [0.717, 1.165) is 0 Å². The maximum absolute atomic E-state index is 9.35. The summed E-state index contributed by atoms with van der Waals surface area (Å²) in [6.07, 6.45) is 0. The summed E-state index contributed by atoms with van der Waals surface area (Å²) in [5, 5.41) is 0. The molecule has 8 heavy (non-hydrogen) atoms. The molecule has 0 aromatic carbocycles. The van der Waals surface area contributed by atoms with E-state index in [4.69, 9.17) is 9.79 Å². The minimum absolute atomic E-state index is 0. The molecule has 0 heterocycles. The Morgan fingerprint density at radius 1 is 1.62 bits per heavy atom. The van der Waals surface area contributed by atoms with Gasteiger partial charge in [0.25, 0.3) is 8.05 Å². The average Bonchev–Trinajstić information content (AvgIpc) is 1.35. The molecule has 44 valence electrons. The van der Waals surface area contributed by atoms with Crippen molar-refractivity contribution in [3.05, 3.63) is 0 Å². The van der Waals surface area contributed by atoms with Crippen LogP contribution in [0.3, 0.4) is 0 Å². The molecule has 0 atom stereocenters. The van der Waals surface area contributed by atoms with Crippen LogP contribution in [0.25, 0.3) is 0 Å². The van der Waals surface area contributed by atoms with Gasteiger partial charge in [-0.1, -0.05) is 0 Å². The molecule has 2 N–H and O–H groups in total. The molecular formula is H7AlBCaO4P. The molecule has 0 spiro atoms. The molecule has 0 aliphatic carbocycles. The first-order valence-corrected chi connectivity index (χ1v) is 2.53. The van der Waals surface area contributed by atoms with Crippen molar-refractivity contribution in [3.63, 3.8) is 0 Å². The molecule has 4 nitrogen and oxygen atoms in total. The third kappa shape index (κ3) is 15.7. The normalized spacial score (nSPS) is 8.75. The monoisotopic (exact) mass is 180 g/mol. The zero-order valence-corrected chi connectivity index (χ0v) is 6.55. The Morgan fingerprint density at radius 2 is 1.75 bits per heavy atom. The van der Waals surface area contributed by atoms with Crippen molar-refractivity contribution in [3.8, 4) is 0 Å². The quantitative estimate of drug-likeness (QED) is 0.356. The maximum atomic E-state index is 9.35. The van der Waals surface area contributed by atoms with E-state index in [0.29, 0.717) is 0 Å². The SMILES string of the molecule is [AlH3].[B]OP(=O)(O)O.[Ca+2].[H-].[H-]. The van der Waals surface area contributed by atoms with Gasteiger partial charge in [-0.05, 0) is 0 Å². The van der Waals surface area contributed by atoms with E-state index in [1.807, 2.05) is 0 Å². The molecular weight excluding hydrogens is 173 g/mol. The van der Waals surface area contributed by atoms with Crippen LogP contribution in [-0.4, -0.2) is 72.9 Å². The average molecular weight is 180 g/mol. The predicted octanol–water partition coefficient (Wildman–Crippen LogP) is -2.16. The van der Waals surface area contributed by atoms with Crippen LogP contribution >= 0.6 is 7.82 Å². The second-order valence-electron chi connectivity index (χ2n) is 0.596. The second kappa shape index (κ2) is 7.08. The summed E-state index contributed by atoms with van der Waals surface area (Å²) in [6.45, 7) is 0. The van der Waals surface area contributed by atoms with E-state index in [1.54, 1.807) is 0 Å². The van der Waals surface area contributed by atoms with Gasteiger partial charge >= 0.3 is 45.6 Å². The smallest absolute Gasteiger partial charge is 1.00 e. The van der Waals surface area contributed by atoms with Crippen LogP contribution in [0.5, 0.6) is 0 Å². The van der Waals surface area contributed by atoms with E-state index in [9.17, 15) is 4.57 Å². The summed E-state index contributed by atoms with van der Waals surface area (Å²) in [5.41, 5.74) is 0. The molecule has 0 aliphatic heterocycles. The predicted molar refractivity (Wildman–Crippen MR) is 36.8 cm³/mol. The van der Waals surface area contributed by atoms with Gasteiger partial charge < -0.3 is 17.1 Å². The molecule has 0 aliphatic rings. The number of hydrogen-bond acceptors (Lipinski definition) is 2. The molecule has 0 bridgehead atoms. The summed E-state index contributed by atoms with van der Waals surface area (Å²) in [6, 6.07) is 0. The van der Waals surface area contributed by atoms with Gasteiger partial charge in [0.2, 0.25) is 0 Å². The Morgan fingerprint density at radius 3 is 1.75 bits per heavy atom.